The van der Waals surface area contributed by atoms with E-state index in [1.54, 1.807) is 28.9 Å². The van der Waals surface area contributed by atoms with Crippen LogP contribution in [0, 0.1) is 25.2 Å². The zero-order valence-corrected chi connectivity index (χ0v) is 15.8. The van der Waals surface area contributed by atoms with E-state index in [9.17, 15) is 4.79 Å². The molecule has 1 heterocycles. The van der Waals surface area contributed by atoms with Crippen LogP contribution in [0.5, 0.6) is 0 Å². The van der Waals surface area contributed by atoms with Crippen molar-refractivity contribution in [1.82, 2.24) is 20.2 Å². The lowest BCUT2D eigenvalue weighted by atomic mass is 10.1. The first kappa shape index (κ1) is 18.6. The lowest BCUT2D eigenvalue weighted by Crippen LogP contribution is -2.13. The van der Waals surface area contributed by atoms with Gasteiger partial charge in [-0.25, -0.2) is 0 Å². The molecule has 0 aliphatic rings. The number of nitrogens with zero attached hydrogens (tertiary/aromatic N) is 5. The molecule has 0 fully saturated rings. The highest BCUT2D eigenvalue weighted by Gasteiger charge is 2.12. The molecule has 3 aromatic rings. The number of rotatable bonds is 6. The first-order chi connectivity index (χ1) is 13.1. The molecule has 0 unspecified atom stereocenters. The van der Waals surface area contributed by atoms with E-state index in [4.69, 9.17) is 5.26 Å². The Balaban J connectivity index is 1.61. The Morgan fingerprint density at radius 2 is 2.07 bits per heavy atom. The van der Waals surface area contributed by atoms with E-state index in [1.165, 1.54) is 17.3 Å². The third-order valence-corrected chi connectivity index (χ3v) is 4.82. The Bertz CT molecular complexity index is 1010. The molecule has 2 aromatic carbocycles. The van der Waals surface area contributed by atoms with Gasteiger partial charge in [-0.2, -0.15) is 9.94 Å². The largest absolute Gasteiger partial charge is 0.325 e. The summed E-state index contributed by atoms with van der Waals surface area (Å²) in [4.78, 5) is 12.2. The molecule has 7 nitrogen and oxygen atoms in total. The third kappa shape index (κ3) is 4.51. The van der Waals surface area contributed by atoms with Gasteiger partial charge in [-0.15, -0.1) is 5.10 Å². The van der Waals surface area contributed by atoms with E-state index < -0.39 is 0 Å². The molecule has 0 bridgehead atoms. The minimum atomic E-state index is -0.157. The maximum Gasteiger partial charge on any atom is 0.225 e. The average Bonchev–Trinajstić information content (AvgIpc) is 3.10. The van der Waals surface area contributed by atoms with E-state index in [0.717, 1.165) is 11.3 Å². The van der Waals surface area contributed by atoms with Gasteiger partial charge >= 0.3 is 0 Å². The first-order valence-electron chi connectivity index (χ1n) is 8.36. The summed E-state index contributed by atoms with van der Waals surface area (Å²) in [7, 11) is 0. The van der Waals surface area contributed by atoms with Gasteiger partial charge in [0.05, 0.1) is 16.9 Å². The molecule has 136 valence electrons. The maximum atomic E-state index is 12.2. The SMILES string of the molecule is Cc1ccc(-n2nnnc2SCCC(=O)Nc2ccccc2C#N)c(C)c1. The van der Waals surface area contributed by atoms with Crippen molar-refractivity contribution in [2.75, 3.05) is 11.1 Å². The predicted octanol–water partition coefficient (Wildman–Crippen LogP) is 3.27. The van der Waals surface area contributed by atoms with Crippen molar-refractivity contribution in [2.24, 2.45) is 0 Å². The number of amides is 1. The summed E-state index contributed by atoms with van der Waals surface area (Å²) in [6.45, 7) is 4.05. The topological polar surface area (TPSA) is 96.5 Å². The summed E-state index contributed by atoms with van der Waals surface area (Å²) in [6, 6.07) is 15.1. The molecule has 8 heteroatoms. The Morgan fingerprint density at radius 3 is 2.85 bits per heavy atom. The molecule has 1 amide bonds. The lowest BCUT2D eigenvalue weighted by molar-refractivity contribution is -0.115. The average molecular weight is 378 g/mol. The monoisotopic (exact) mass is 378 g/mol. The number of aryl methyl sites for hydroxylation is 2. The number of hydrogen-bond donors (Lipinski definition) is 1. The van der Waals surface area contributed by atoms with E-state index in [0.29, 0.717) is 22.2 Å². The molecule has 0 atom stereocenters. The Morgan fingerprint density at radius 1 is 1.26 bits per heavy atom. The highest BCUT2D eigenvalue weighted by Crippen LogP contribution is 2.22. The number of tetrazole rings is 1. The van der Waals surface area contributed by atoms with Crippen LogP contribution >= 0.6 is 11.8 Å². The second-order valence-electron chi connectivity index (χ2n) is 5.97. The van der Waals surface area contributed by atoms with E-state index >= 15 is 0 Å². The molecule has 0 radical (unpaired) electrons. The van der Waals surface area contributed by atoms with Gasteiger partial charge in [0.15, 0.2) is 0 Å². The number of nitrogens with one attached hydrogen (secondary N) is 1. The summed E-state index contributed by atoms with van der Waals surface area (Å²) < 4.78 is 1.68. The van der Waals surface area contributed by atoms with Gasteiger partial charge in [0.2, 0.25) is 11.1 Å². The molecular weight excluding hydrogens is 360 g/mol. The molecule has 27 heavy (non-hydrogen) atoms. The van der Waals surface area contributed by atoms with Crippen LogP contribution in [0.4, 0.5) is 5.69 Å². The molecular formula is C19H18N6OS. The Hall–Kier alpha value is -3.18. The maximum absolute atomic E-state index is 12.2. The van der Waals surface area contributed by atoms with Crippen LogP contribution in [0.2, 0.25) is 0 Å². The quantitative estimate of drug-likeness (QED) is 0.661. The second-order valence-corrected chi connectivity index (χ2v) is 7.03. The number of anilines is 1. The molecule has 0 saturated heterocycles. The molecule has 0 aliphatic carbocycles. The van der Waals surface area contributed by atoms with Crippen molar-refractivity contribution in [1.29, 1.82) is 5.26 Å². The van der Waals surface area contributed by atoms with E-state index in [-0.39, 0.29) is 12.3 Å². The van der Waals surface area contributed by atoms with Crippen molar-refractivity contribution in [3.63, 3.8) is 0 Å². The number of hydrogen-bond acceptors (Lipinski definition) is 6. The van der Waals surface area contributed by atoms with Crippen LogP contribution in [0.15, 0.2) is 47.6 Å². The smallest absolute Gasteiger partial charge is 0.225 e. The Kier molecular flexibility index (Phi) is 5.84. The van der Waals surface area contributed by atoms with Gasteiger partial charge in [-0.1, -0.05) is 41.6 Å². The van der Waals surface area contributed by atoms with Crippen LogP contribution in [0.1, 0.15) is 23.1 Å². The number of thioether (sulfide) groups is 1. The summed E-state index contributed by atoms with van der Waals surface area (Å²) in [5.74, 6) is 0.363. The van der Waals surface area contributed by atoms with Gasteiger partial charge in [0.25, 0.3) is 0 Å². The normalized spacial score (nSPS) is 10.4. The van der Waals surface area contributed by atoms with Crippen molar-refractivity contribution >= 4 is 23.4 Å². The highest BCUT2D eigenvalue weighted by molar-refractivity contribution is 7.99. The highest BCUT2D eigenvalue weighted by atomic mass is 32.2. The predicted molar refractivity (Wildman–Crippen MR) is 104 cm³/mol. The third-order valence-electron chi connectivity index (χ3n) is 3.90. The van der Waals surface area contributed by atoms with Crippen molar-refractivity contribution in [2.45, 2.75) is 25.4 Å². The van der Waals surface area contributed by atoms with Crippen molar-refractivity contribution < 1.29 is 4.79 Å². The number of para-hydroxylation sites is 1. The van der Waals surface area contributed by atoms with Crippen molar-refractivity contribution in [3.8, 4) is 11.8 Å². The fourth-order valence-electron chi connectivity index (χ4n) is 2.60. The van der Waals surface area contributed by atoms with E-state index in [1.807, 2.05) is 26.0 Å². The van der Waals surface area contributed by atoms with Crippen LogP contribution < -0.4 is 5.32 Å². The molecule has 1 aromatic heterocycles. The summed E-state index contributed by atoms with van der Waals surface area (Å²) in [6.07, 6.45) is 0.282. The zero-order chi connectivity index (χ0) is 19.2. The molecule has 3 rings (SSSR count). The van der Waals surface area contributed by atoms with Crippen LogP contribution in [-0.4, -0.2) is 31.9 Å². The standard InChI is InChI=1S/C19H18N6OS/c1-13-7-8-17(14(2)11-13)25-19(22-23-24-25)27-10-9-18(26)21-16-6-4-3-5-15(16)12-20/h3-8,11H,9-10H2,1-2H3,(H,21,26). The van der Waals surface area contributed by atoms with Gasteiger partial charge in [0, 0.05) is 12.2 Å². The van der Waals surface area contributed by atoms with Crippen LogP contribution in [-0.2, 0) is 4.79 Å². The van der Waals surface area contributed by atoms with Gasteiger partial charge < -0.3 is 5.32 Å². The number of aromatic nitrogens is 4. The number of nitriles is 1. The fraction of sp³-hybridized carbons (Fsp3) is 0.211. The number of benzene rings is 2. The molecule has 1 N–H and O–H groups in total. The summed E-state index contributed by atoms with van der Waals surface area (Å²) in [5.41, 5.74) is 4.13. The lowest BCUT2D eigenvalue weighted by Gasteiger charge is -2.09. The zero-order valence-electron chi connectivity index (χ0n) is 15.0. The summed E-state index contributed by atoms with van der Waals surface area (Å²) >= 11 is 1.41. The van der Waals surface area contributed by atoms with Crippen LogP contribution in [0.3, 0.4) is 0 Å². The minimum absolute atomic E-state index is 0.157. The van der Waals surface area contributed by atoms with Gasteiger partial charge in [-0.3, -0.25) is 4.79 Å². The van der Waals surface area contributed by atoms with E-state index in [2.05, 4.69) is 33.0 Å². The molecule has 0 spiro atoms. The van der Waals surface area contributed by atoms with Gasteiger partial charge in [-0.05, 0) is 48.0 Å². The Labute approximate surface area is 161 Å². The number of carbonyl (C=O) groups excluding carboxylic acids is 1. The number of carbonyl (C=O) groups is 1. The molecule has 0 saturated carbocycles. The van der Waals surface area contributed by atoms with Crippen molar-refractivity contribution in [3.05, 3.63) is 59.2 Å². The fourth-order valence-corrected chi connectivity index (χ4v) is 3.42. The van der Waals surface area contributed by atoms with Gasteiger partial charge in [0.1, 0.15) is 6.07 Å². The molecule has 0 aliphatic heterocycles. The summed E-state index contributed by atoms with van der Waals surface area (Å²) in [5, 5.41) is 24.4. The van der Waals surface area contributed by atoms with Crippen LogP contribution in [0.25, 0.3) is 5.69 Å². The second kappa shape index (κ2) is 8.47. The first-order valence-corrected chi connectivity index (χ1v) is 9.35. The minimum Gasteiger partial charge on any atom is -0.325 e.